The molecule has 0 radical (unpaired) electrons. The Bertz CT molecular complexity index is 755. The Morgan fingerprint density at radius 3 is 2.48 bits per heavy atom. The molecule has 1 N–H and O–H groups in total. The molecule has 0 bridgehead atoms. The van der Waals surface area contributed by atoms with Crippen molar-refractivity contribution in [2.24, 2.45) is 0 Å². The summed E-state index contributed by atoms with van der Waals surface area (Å²) < 4.78 is 38.4. The summed E-state index contributed by atoms with van der Waals surface area (Å²) in [6.45, 7) is 3.95. The van der Waals surface area contributed by atoms with Crippen molar-refractivity contribution in [2.45, 2.75) is 24.8 Å². The molecule has 7 heteroatoms. The average molecular weight is 355 g/mol. The number of aryl methyl sites for hydroxylation is 2. The van der Waals surface area contributed by atoms with E-state index >= 15 is 0 Å². The van der Waals surface area contributed by atoms with Crippen LogP contribution in [0, 0.1) is 13.8 Å². The van der Waals surface area contributed by atoms with Crippen LogP contribution in [0.2, 0.25) is 0 Å². The van der Waals surface area contributed by atoms with Crippen molar-refractivity contribution in [1.29, 1.82) is 0 Å². The van der Waals surface area contributed by atoms with E-state index in [-0.39, 0.29) is 17.5 Å². The van der Waals surface area contributed by atoms with Crippen LogP contribution in [0.25, 0.3) is 0 Å². The van der Waals surface area contributed by atoms with Gasteiger partial charge in [-0.2, -0.15) is 11.3 Å². The lowest BCUT2D eigenvalue weighted by Gasteiger charge is -2.17. The van der Waals surface area contributed by atoms with Crippen LogP contribution in [-0.2, 0) is 14.8 Å². The predicted octanol–water partition coefficient (Wildman–Crippen LogP) is 3.04. The van der Waals surface area contributed by atoms with Gasteiger partial charge in [-0.1, -0.05) is 0 Å². The highest BCUT2D eigenvalue weighted by Gasteiger charge is 2.22. The third kappa shape index (κ3) is 4.11. The van der Waals surface area contributed by atoms with Crippen LogP contribution in [-0.4, -0.2) is 29.2 Å². The molecule has 1 unspecified atom stereocenters. The highest BCUT2D eigenvalue weighted by molar-refractivity contribution is 7.89. The van der Waals surface area contributed by atoms with Crippen molar-refractivity contribution < 1.29 is 17.9 Å². The van der Waals surface area contributed by atoms with E-state index in [0.29, 0.717) is 5.75 Å². The number of thiophene rings is 1. The molecule has 2 aromatic rings. The molecular weight excluding hydrogens is 334 g/mol. The van der Waals surface area contributed by atoms with Crippen molar-refractivity contribution in [2.75, 3.05) is 20.8 Å². The van der Waals surface area contributed by atoms with E-state index in [1.807, 2.05) is 30.7 Å². The number of rotatable bonds is 7. The monoisotopic (exact) mass is 355 g/mol. The van der Waals surface area contributed by atoms with Crippen LogP contribution in [0.1, 0.15) is 22.8 Å². The summed E-state index contributed by atoms with van der Waals surface area (Å²) in [5, 5.41) is 3.88. The third-order valence-electron chi connectivity index (χ3n) is 3.73. The highest BCUT2D eigenvalue weighted by atomic mass is 32.2. The second-order valence-electron chi connectivity index (χ2n) is 5.22. The van der Waals surface area contributed by atoms with Gasteiger partial charge in [0.05, 0.1) is 13.2 Å². The van der Waals surface area contributed by atoms with Crippen LogP contribution in [0.3, 0.4) is 0 Å². The first-order valence-corrected chi connectivity index (χ1v) is 9.51. The minimum atomic E-state index is -3.69. The molecule has 0 spiro atoms. The Morgan fingerprint density at radius 1 is 1.22 bits per heavy atom. The van der Waals surface area contributed by atoms with Gasteiger partial charge in [0.2, 0.25) is 10.0 Å². The van der Waals surface area contributed by atoms with Gasteiger partial charge in [-0.3, -0.25) is 0 Å². The maximum atomic E-state index is 12.6. The first kappa shape index (κ1) is 17.9. The molecule has 0 saturated carbocycles. The Hall–Kier alpha value is -1.41. The van der Waals surface area contributed by atoms with Gasteiger partial charge in [0.25, 0.3) is 0 Å². The zero-order valence-electron chi connectivity index (χ0n) is 13.6. The number of hydrogen-bond acceptors (Lipinski definition) is 5. The number of sulfonamides is 1. The maximum Gasteiger partial charge on any atom is 0.244 e. The highest BCUT2D eigenvalue weighted by Crippen LogP contribution is 2.27. The van der Waals surface area contributed by atoms with E-state index in [9.17, 15) is 8.42 Å². The van der Waals surface area contributed by atoms with E-state index in [2.05, 4.69) is 4.72 Å². The average Bonchev–Trinajstić information content (AvgIpc) is 3.04. The molecule has 0 fully saturated rings. The summed E-state index contributed by atoms with van der Waals surface area (Å²) in [5.74, 6) is 0.338. The van der Waals surface area contributed by atoms with E-state index < -0.39 is 10.0 Å². The number of nitrogens with one attached hydrogen (secondary N) is 1. The molecule has 0 aliphatic carbocycles. The number of benzene rings is 1. The molecule has 0 saturated heterocycles. The Balaban J connectivity index is 2.24. The zero-order valence-corrected chi connectivity index (χ0v) is 15.3. The Morgan fingerprint density at radius 2 is 1.91 bits per heavy atom. The molecule has 1 heterocycles. The molecule has 126 valence electrons. The summed E-state index contributed by atoms with van der Waals surface area (Å²) in [7, 11) is -0.663. The molecule has 0 amide bonds. The molecule has 0 aliphatic heterocycles. The van der Waals surface area contributed by atoms with Crippen molar-refractivity contribution in [3.05, 3.63) is 45.6 Å². The van der Waals surface area contributed by atoms with Gasteiger partial charge in [0.1, 0.15) is 10.6 Å². The molecule has 1 aromatic heterocycles. The van der Waals surface area contributed by atoms with Gasteiger partial charge in [-0.15, -0.1) is 0 Å². The largest absolute Gasteiger partial charge is 0.495 e. The topological polar surface area (TPSA) is 64.6 Å². The van der Waals surface area contributed by atoms with Crippen LogP contribution >= 0.6 is 11.3 Å². The van der Waals surface area contributed by atoms with Crippen molar-refractivity contribution >= 4 is 21.4 Å². The molecule has 2 rings (SSSR count). The zero-order chi connectivity index (χ0) is 17.0. The van der Waals surface area contributed by atoms with Crippen molar-refractivity contribution in [3.8, 4) is 5.75 Å². The fraction of sp³-hybridized carbons (Fsp3) is 0.375. The van der Waals surface area contributed by atoms with Gasteiger partial charge in [0, 0.05) is 13.7 Å². The Labute approximate surface area is 141 Å². The molecule has 5 nitrogen and oxygen atoms in total. The fourth-order valence-corrected chi connectivity index (χ4v) is 4.16. The standard InChI is InChI=1S/C16H21NO4S2/c1-11-7-14(20-3)16(8-12(11)2)23(18,19)17-9-15(21-4)13-5-6-22-10-13/h5-8,10,15,17H,9H2,1-4H3. The minimum Gasteiger partial charge on any atom is -0.495 e. The molecule has 0 aliphatic rings. The van der Waals surface area contributed by atoms with E-state index in [0.717, 1.165) is 16.7 Å². The lowest BCUT2D eigenvalue weighted by molar-refractivity contribution is 0.107. The number of hydrogen-bond donors (Lipinski definition) is 1. The fourth-order valence-electron chi connectivity index (χ4n) is 2.19. The lowest BCUT2D eigenvalue weighted by atomic mass is 10.1. The smallest absolute Gasteiger partial charge is 0.244 e. The third-order valence-corrected chi connectivity index (χ3v) is 5.87. The van der Waals surface area contributed by atoms with Crippen molar-refractivity contribution in [1.82, 2.24) is 4.72 Å². The number of methoxy groups -OCH3 is 2. The van der Waals surface area contributed by atoms with Crippen LogP contribution in [0.5, 0.6) is 5.75 Å². The van der Waals surface area contributed by atoms with Crippen molar-refractivity contribution in [3.63, 3.8) is 0 Å². The van der Waals surface area contributed by atoms with Crippen LogP contribution in [0.15, 0.2) is 33.9 Å². The predicted molar refractivity (Wildman–Crippen MR) is 91.7 cm³/mol. The maximum absolute atomic E-state index is 12.6. The van der Waals surface area contributed by atoms with E-state index in [1.54, 1.807) is 30.6 Å². The summed E-state index contributed by atoms with van der Waals surface area (Å²) in [5.41, 5.74) is 2.83. The van der Waals surface area contributed by atoms with Crippen LogP contribution < -0.4 is 9.46 Å². The molecular formula is C16H21NO4S2. The van der Waals surface area contributed by atoms with Crippen LogP contribution in [0.4, 0.5) is 0 Å². The molecule has 23 heavy (non-hydrogen) atoms. The first-order valence-electron chi connectivity index (χ1n) is 7.09. The van der Waals surface area contributed by atoms with Gasteiger partial charge in [0.15, 0.2) is 0 Å². The number of ether oxygens (including phenoxy) is 2. The van der Waals surface area contributed by atoms with Gasteiger partial charge in [-0.05, 0) is 59.5 Å². The summed E-state index contributed by atoms with van der Waals surface area (Å²) >= 11 is 1.55. The second-order valence-corrected chi connectivity index (χ2v) is 7.74. The summed E-state index contributed by atoms with van der Waals surface area (Å²) in [4.78, 5) is 0.142. The quantitative estimate of drug-likeness (QED) is 0.829. The van der Waals surface area contributed by atoms with E-state index in [1.165, 1.54) is 7.11 Å². The lowest BCUT2D eigenvalue weighted by Crippen LogP contribution is -2.29. The first-order chi connectivity index (χ1) is 10.9. The van der Waals surface area contributed by atoms with E-state index in [4.69, 9.17) is 9.47 Å². The normalized spacial score (nSPS) is 13.0. The second kappa shape index (κ2) is 7.44. The summed E-state index contributed by atoms with van der Waals surface area (Å²) in [6.07, 6.45) is -0.325. The SMILES string of the molecule is COc1cc(C)c(C)cc1S(=O)(=O)NCC(OC)c1ccsc1. The Kier molecular flexibility index (Phi) is 5.80. The van der Waals surface area contributed by atoms with Gasteiger partial charge < -0.3 is 9.47 Å². The molecule has 1 aromatic carbocycles. The van der Waals surface area contributed by atoms with Gasteiger partial charge in [-0.25, -0.2) is 13.1 Å². The summed E-state index contributed by atoms with van der Waals surface area (Å²) in [6, 6.07) is 5.28. The minimum absolute atomic E-state index is 0.142. The molecule has 1 atom stereocenters. The van der Waals surface area contributed by atoms with Gasteiger partial charge >= 0.3 is 0 Å².